The third-order valence-corrected chi connectivity index (χ3v) is 3.34. The van der Waals surface area contributed by atoms with Crippen LogP contribution in [0.5, 0.6) is 0 Å². The number of rotatable bonds is 4. The Morgan fingerprint density at radius 2 is 2.41 bits per heavy atom. The van der Waals surface area contributed by atoms with Gasteiger partial charge in [-0.05, 0) is 13.3 Å². The van der Waals surface area contributed by atoms with E-state index < -0.39 is 0 Å². The van der Waals surface area contributed by atoms with Gasteiger partial charge in [-0.25, -0.2) is 0 Å². The Kier molecular flexibility index (Phi) is 5.17. The number of Topliss-reactive ketones (excluding diaryl/α,β-unsaturated/α-hetero) is 1. The molecule has 94 valence electrons. The molecule has 1 aliphatic rings. The highest BCUT2D eigenvalue weighted by atomic mass is 16.2. The van der Waals surface area contributed by atoms with Gasteiger partial charge in [-0.15, -0.1) is 6.42 Å². The van der Waals surface area contributed by atoms with Crippen molar-refractivity contribution in [3.05, 3.63) is 0 Å². The number of likely N-dealkylation sites (tertiary alicyclic amines) is 1. The number of piperidine rings is 1. The SMILES string of the molecule is C#CCNC(=O)C(C)N1CCC(=O)C(CC)C1. The lowest BCUT2D eigenvalue weighted by Crippen LogP contribution is -2.51. The number of hydrogen-bond acceptors (Lipinski definition) is 3. The molecule has 1 rings (SSSR count). The third kappa shape index (κ3) is 3.57. The van der Waals surface area contributed by atoms with Crippen molar-refractivity contribution < 1.29 is 9.59 Å². The molecule has 1 fully saturated rings. The Labute approximate surface area is 103 Å². The van der Waals surface area contributed by atoms with Gasteiger partial charge < -0.3 is 5.32 Å². The van der Waals surface area contributed by atoms with Crippen LogP contribution in [-0.4, -0.2) is 42.3 Å². The molecule has 0 aromatic rings. The summed E-state index contributed by atoms with van der Waals surface area (Å²) in [6.45, 7) is 5.47. The highest BCUT2D eigenvalue weighted by molar-refractivity contribution is 5.84. The minimum atomic E-state index is -0.217. The van der Waals surface area contributed by atoms with Gasteiger partial charge >= 0.3 is 0 Å². The van der Waals surface area contributed by atoms with E-state index in [-0.39, 0.29) is 24.4 Å². The van der Waals surface area contributed by atoms with Crippen LogP contribution in [0.2, 0.25) is 0 Å². The molecule has 0 aliphatic carbocycles. The lowest BCUT2D eigenvalue weighted by atomic mass is 9.93. The standard InChI is InChI=1S/C13H20N2O2/c1-4-7-14-13(17)10(3)15-8-6-12(16)11(5-2)9-15/h1,10-11H,5-9H2,2-3H3,(H,14,17). The number of ketones is 1. The van der Waals surface area contributed by atoms with Crippen LogP contribution in [-0.2, 0) is 9.59 Å². The number of terminal acetylenes is 1. The molecule has 1 N–H and O–H groups in total. The fourth-order valence-electron chi connectivity index (χ4n) is 2.09. The van der Waals surface area contributed by atoms with E-state index in [1.807, 2.05) is 13.8 Å². The molecule has 0 radical (unpaired) electrons. The molecule has 17 heavy (non-hydrogen) atoms. The fraction of sp³-hybridized carbons (Fsp3) is 0.692. The van der Waals surface area contributed by atoms with Crippen LogP contribution >= 0.6 is 0 Å². The van der Waals surface area contributed by atoms with Crippen molar-refractivity contribution in [1.29, 1.82) is 0 Å². The molecule has 2 unspecified atom stereocenters. The first-order valence-corrected chi connectivity index (χ1v) is 6.08. The summed E-state index contributed by atoms with van der Waals surface area (Å²) in [6.07, 6.45) is 6.48. The van der Waals surface area contributed by atoms with Gasteiger partial charge in [0.15, 0.2) is 0 Å². The molecule has 4 heteroatoms. The molecule has 4 nitrogen and oxygen atoms in total. The van der Waals surface area contributed by atoms with Crippen molar-refractivity contribution in [3.8, 4) is 12.3 Å². The summed E-state index contributed by atoms with van der Waals surface area (Å²) in [5.41, 5.74) is 0. The van der Waals surface area contributed by atoms with Crippen LogP contribution in [0.4, 0.5) is 0 Å². The smallest absolute Gasteiger partial charge is 0.237 e. The molecule has 0 bridgehead atoms. The van der Waals surface area contributed by atoms with Gasteiger partial charge in [-0.3, -0.25) is 14.5 Å². The normalized spacial score (nSPS) is 22.9. The Morgan fingerprint density at radius 3 is 3.00 bits per heavy atom. The minimum absolute atomic E-state index is 0.0628. The molecule has 0 spiro atoms. The predicted octanol–water partition coefficient (Wildman–Crippen LogP) is 0.425. The predicted molar refractivity (Wildman–Crippen MR) is 66.3 cm³/mol. The van der Waals surface area contributed by atoms with E-state index >= 15 is 0 Å². The lowest BCUT2D eigenvalue weighted by Gasteiger charge is -2.34. The van der Waals surface area contributed by atoms with Crippen molar-refractivity contribution in [3.63, 3.8) is 0 Å². The van der Waals surface area contributed by atoms with E-state index in [0.717, 1.165) is 6.42 Å². The second-order valence-corrected chi connectivity index (χ2v) is 4.41. The molecule has 1 aliphatic heterocycles. The average Bonchev–Trinajstić information content (AvgIpc) is 2.35. The zero-order chi connectivity index (χ0) is 12.8. The Hall–Kier alpha value is -1.34. The third-order valence-electron chi connectivity index (χ3n) is 3.34. The number of nitrogens with one attached hydrogen (secondary N) is 1. The maximum Gasteiger partial charge on any atom is 0.237 e. The van der Waals surface area contributed by atoms with E-state index in [4.69, 9.17) is 6.42 Å². The number of amides is 1. The number of carbonyl (C=O) groups excluding carboxylic acids is 2. The van der Waals surface area contributed by atoms with Gasteiger partial charge in [-0.2, -0.15) is 0 Å². The number of carbonyl (C=O) groups is 2. The lowest BCUT2D eigenvalue weighted by molar-refractivity contribution is -0.132. The van der Waals surface area contributed by atoms with Crippen molar-refractivity contribution in [2.24, 2.45) is 5.92 Å². The summed E-state index contributed by atoms with van der Waals surface area (Å²) >= 11 is 0. The highest BCUT2D eigenvalue weighted by Crippen LogP contribution is 2.18. The van der Waals surface area contributed by atoms with Gasteiger partial charge in [0.1, 0.15) is 5.78 Å². The largest absolute Gasteiger partial charge is 0.344 e. The van der Waals surface area contributed by atoms with Gasteiger partial charge in [0.05, 0.1) is 12.6 Å². The summed E-state index contributed by atoms with van der Waals surface area (Å²) in [5, 5.41) is 2.67. The first-order chi connectivity index (χ1) is 8.10. The van der Waals surface area contributed by atoms with Crippen LogP contribution in [0.3, 0.4) is 0 Å². The fourth-order valence-corrected chi connectivity index (χ4v) is 2.09. The maximum absolute atomic E-state index is 11.7. The minimum Gasteiger partial charge on any atom is -0.344 e. The Morgan fingerprint density at radius 1 is 1.71 bits per heavy atom. The molecule has 1 saturated heterocycles. The van der Waals surface area contributed by atoms with Crippen LogP contribution in [0.25, 0.3) is 0 Å². The van der Waals surface area contributed by atoms with Crippen LogP contribution in [0, 0.1) is 18.3 Å². The van der Waals surface area contributed by atoms with E-state index in [0.29, 0.717) is 25.3 Å². The zero-order valence-electron chi connectivity index (χ0n) is 10.5. The molecule has 1 amide bonds. The topological polar surface area (TPSA) is 49.4 Å². The summed E-state index contributed by atoms with van der Waals surface area (Å²) in [7, 11) is 0. The molecular weight excluding hydrogens is 216 g/mol. The monoisotopic (exact) mass is 236 g/mol. The zero-order valence-corrected chi connectivity index (χ0v) is 10.5. The summed E-state index contributed by atoms with van der Waals surface area (Å²) in [5.74, 6) is 2.71. The van der Waals surface area contributed by atoms with Crippen molar-refractivity contribution >= 4 is 11.7 Å². The van der Waals surface area contributed by atoms with E-state index in [2.05, 4.69) is 16.1 Å². The van der Waals surface area contributed by atoms with Crippen LogP contribution in [0.1, 0.15) is 26.7 Å². The van der Waals surface area contributed by atoms with Crippen LogP contribution < -0.4 is 5.32 Å². The van der Waals surface area contributed by atoms with Gasteiger partial charge in [0.25, 0.3) is 0 Å². The summed E-state index contributed by atoms with van der Waals surface area (Å²) in [6, 6.07) is -0.217. The molecule has 0 aromatic carbocycles. The van der Waals surface area contributed by atoms with Gasteiger partial charge in [0, 0.05) is 25.4 Å². The van der Waals surface area contributed by atoms with E-state index in [1.54, 1.807) is 0 Å². The van der Waals surface area contributed by atoms with Crippen molar-refractivity contribution in [2.75, 3.05) is 19.6 Å². The van der Waals surface area contributed by atoms with Gasteiger partial charge in [0.2, 0.25) is 5.91 Å². The quantitative estimate of drug-likeness (QED) is 0.720. The van der Waals surface area contributed by atoms with Gasteiger partial charge in [-0.1, -0.05) is 12.8 Å². The Bertz CT molecular complexity index is 333. The Balaban J connectivity index is 2.52. The van der Waals surface area contributed by atoms with Crippen molar-refractivity contribution in [2.45, 2.75) is 32.7 Å². The molecule has 0 saturated carbocycles. The summed E-state index contributed by atoms with van der Waals surface area (Å²) in [4.78, 5) is 25.4. The number of hydrogen-bond donors (Lipinski definition) is 1. The maximum atomic E-state index is 11.7. The molecular formula is C13H20N2O2. The van der Waals surface area contributed by atoms with E-state index in [9.17, 15) is 9.59 Å². The second kappa shape index (κ2) is 6.41. The first-order valence-electron chi connectivity index (χ1n) is 6.08. The molecule has 0 aromatic heterocycles. The molecule has 2 atom stereocenters. The second-order valence-electron chi connectivity index (χ2n) is 4.41. The number of nitrogens with zero attached hydrogens (tertiary/aromatic N) is 1. The average molecular weight is 236 g/mol. The van der Waals surface area contributed by atoms with Crippen LogP contribution in [0.15, 0.2) is 0 Å². The van der Waals surface area contributed by atoms with Crippen molar-refractivity contribution in [1.82, 2.24) is 10.2 Å². The first kappa shape index (κ1) is 13.7. The summed E-state index contributed by atoms with van der Waals surface area (Å²) < 4.78 is 0. The molecule has 1 heterocycles. The van der Waals surface area contributed by atoms with E-state index in [1.165, 1.54) is 0 Å². The highest BCUT2D eigenvalue weighted by Gasteiger charge is 2.30.